The van der Waals surface area contributed by atoms with E-state index in [4.69, 9.17) is 21.1 Å². The number of ether oxygens (including phenoxy) is 2. The molecule has 0 unspecified atom stereocenters. The molecule has 172 valence electrons. The van der Waals surface area contributed by atoms with E-state index < -0.39 is 4.92 Å². The van der Waals surface area contributed by atoms with E-state index in [2.05, 4.69) is 16.3 Å². The molecule has 1 aromatic heterocycles. The number of non-ortho nitro benzene ring substituents is 1. The molecule has 0 aliphatic carbocycles. The van der Waals surface area contributed by atoms with Crippen molar-refractivity contribution >= 4 is 40.2 Å². The highest BCUT2D eigenvalue weighted by Gasteiger charge is 2.32. The molecule has 1 aliphatic heterocycles. The quantitative estimate of drug-likeness (QED) is 0.376. The average Bonchev–Trinajstić information content (AvgIpc) is 3.33. The van der Waals surface area contributed by atoms with Crippen LogP contribution in [0.5, 0.6) is 11.5 Å². The summed E-state index contributed by atoms with van der Waals surface area (Å²) in [5.41, 5.74) is 2.43. The second-order valence-corrected chi connectivity index (χ2v) is 8.90. The molecular formula is C23H22ClN3O5S. The van der Waals surface area contributed by atoms with Crippen molar-refractivity contribution in [2.45, 2.75) is 12.5 Å². The largest absolute Gasteiger partial charge is 0.493 e. The van der Waals surface area contributed by atoms with Crippen molar-refractivity contribution in [2.75, 3.05) is 32.6 Å². The van der Waals surface area contributed by atoms with Crippen LogP contribution in [0.2, 0.25) is 5.02 Å². The summed E-state index contributed by atoms with van der Waals surface area (Å²) in [4.78, 5) is 26.5. The molecule has 0 saturated heterocycles. The number of hydrogen-bond donors (Lipinski definition) is 1. The molecule has 10 heteroatoms. The number of nitrogens with zero attached hydrogens (tertiary/aromatic N) is 2. The second-order valence-electron chi connectivity index (χ2n) is 7.51. The molecule has 8 nitrogen and oxygen atoms in total. The topological polar surface area (TPSA) is 93.9 Å². The van der Waals surface area contributed by atoms with Gasteiger partial charge in [0.1, 0.15) is 0 Å². The minimum absolute atomic E-state index is 0.119. The molecule has 0 bridgehead atoms. The van der Waals surface area contributed by atoms with E-state index in [0.29, 0.717) is 23.7 Å². The van der Waals surface area contributed by atoms with Gasteiger partial charge in [0, 0.05) is 23.6 Å². The molecule has 2 heterocycles. The van der Waals surface area contributed by atoms with Gasteiger partial charge in [0.2, 0.25) is 5.91 Å². The number of benzene rings is 2. The van der Waals surface area contributed by atoms with Gasteiger partial charge >= 0.3 is 0 Å². The molecule has 0 spiro atoms. The number of carbonyl (C=O) groups is 1. The first-order valence-electron chi connectivity index (χ1n) is 10.2. The third kappa shape index (κ3) is 4.80. The Kier molecular flexibility index (Phi) is 6.83. The van der Waals surface area contributed by atoms with E-state index in [0.717, 1.165) is 22.4 Å². The Balaban J connectivity index is 1.60. The van der Waals surface area contributed by atoms with E-state index in [1.54, 1.807) is 25.6 Å². The molecular weight excluding hydrogens is 466 g/mol. The molecule has 3 aromatic rings. The van der Waals surface area contributed by atoms with E-state index in [1.165, 1.54) is 18.2 Å². The third-order valence-corrected chi connectivity index (χ3v) is 6.81. The number of fused-ring (bicyclic) bond motifs is 1. The number of nitrogens with one attached hydrogen (secondary N) is 1. The van der Waals surface area contributed by atoms with Gasteiger partial charge in [0.25, 0.3) is 5.69 Å². The fraction of sp³-hybridized carbons (Fsp3) is 0.261. The van der Waals surface area contributed by atoms with Gasteiger partial charge in [-0.05, 0) is 47.2 Å². The van der Waals surface area contributed by atoms with Gasteiger partial charge in [-0.1, -0.05) is 17.7 Å². The van der Waals surface area contributed by atoms with Gasteiger partial charge in [-0.25, -0.2) is 0 Å². The van der Waals surface area contributed by atoms with Crippen molar-refractivity contribution in [3.8, 4) is 11.5 Å². The lowest BCUT2D eigenvalue weighted by molar-refractivity contribution is -0.384. The van der Waals surface area contributed by atoms with Crippen LogP contribution >= 0.6 is 22.9 Å². The van der Waals surface area contributed by atoms with Gasteiger partial charge in [0.15, 0.2) is 11.5 Å². The lowest BCUT2D eigenvalue weighted by Crippen LogP contribution is -2.41. The fourth-order valence-corrected chi connectivity index (χ4v) is 5.14. The summed E-state index contributed by atoms with van der Waals surface area (Å²) < 4.78 is 11.0. The number of hydrogen-bond acceptors (Lipinski definition) is 7. The van der Waals surface area contributed by atoms with Crippen LogP contribution in [-0.4, -0.2) is 43.0 Å². The van der Waals surface area contributed by atoms with Crippen molar-refractivity contribution in [1.29, 1.82) is 0 Å². The van der Waals surface area contributed by atoms with Crippen LogP contribution in [0.3, 0.4) is 0 Å². The second kappa shape index (κ2) is 9.78. The van der Waals surface area contributed by atoms with Crippen molar-refractivity contribution in [1.82, 2.24) is 4.90 Å². The van der Waals surface area contributed by atoms with Crippen LogP contribution < -0.4 is 14.8 Å². The molecule has 1 amide bonds. The summed E-state index contributed by atoms with van der Waals surface area (Å²) in [6.07, 6.45) is 0.753. The lowest BCUT2D eigenvalue weighted by atomic mass is 9.91. The Labute approximate surface area is 199 Å². The SMILES string of the molecule is COc1cc2c(cc1OC)[C@@H](c1cccs1)N(CC(=O)Nc1ccc([N+](=O)[O-])cc1Cl)CC2. The third-order valence-electron chi connectivity index (χ3n) is 5.57. The van der Waals surface area contributed by atoms with Crippen LogP contribution in [0.1, 0.15) is 22.0 Å². The number of anilines is 1. The van der Waals surface area contributed by atoms with E-state index in [9.17, 15) is 14.9 Å². The maximum Gasteiger partial charge on any atom is 0.271 e. The molecule has 0 saturated carbocycles. The van der Waals surface area contributed by atoms with Crippen LogP contribution in [0.15, 0.2) is 47.8 Å². The maximum absolute atomic E-state index is 12.9. The normalized spacial score (nSPS) is 15.5. The zero-order valence-corrected chi connectivity index (χ0v) is 19.6. The zero-order chi connectivity index (χ0) is 23.5. The number of nitro benzene ring substituents is 1. The molecule has 0 radical (unpaired) electrons. The monoisotopic (exact) mass is 487 g/mol. The van der Waals surface area contributed by atoms with Crippen LogP contribution in [0.4, 0.5) is 11.4 Å². The van der Waals surface area contributed by atoms with Gasteiger partial charge < -0.3 is 14.8 Å². The van der Waals surface area contributed by atoms with Crippen molar-refractivity contribution in [2.24, 2.45) is 0 Å². The summed E-state index contributed by atoms with van der Waals surface area (Å²) in [6.45, 7) is 0.802. The first-order valence-corrected chi connectivity index (χ1v) is 11.4. The van der Waals surface area contributed by atoms with Gasteiger partial charge in [0.05, 0.1) is 42.4 Å². The zero-order valence-electron chi connectivity index (χ0n) is 18.0. The number of halogens is 1. The molecule has 1 N–H and O–H groups in total. The Morgan fingerprint density at radius 3 is 2.64 bits per heavy atom. The summed E-state index contributed by atoms with van der Waals surface area (Å²) in [5, 5.41) is 15.8. The highest BCUT2D eigenvalue weighted by Crippen LogP contribution is 2.42. The Morgan fingerprint density at radius 2 is 2.00 bits per heavy atom. The predicted octanol–water partition coefficient (Wildman–Crippen LogP) is 4.91. The minimum atomic E-state index is -0.530. The van der Waals surface area contributed by atoms with E-state index in [1.807, 2.05) is 23.6 Å². The van der Waals surface area contributed by atoms with Crippen LogP contribution in [0.25, 0.3) is 0 Å². The highest BCUT2D eigenvalue weighted by molar-refractivity contribution is 7.10. The summed E-state index contributed by atoms with van der Waals surface area (Å²) in [6, 6.07) is 11.9. The van der Waals surface area contributed by atoms with Crippen LogP contribution in [-0.2, 0) is 11.2 Å². The van der Waals surface area contributed by atoms with Crippen molar-refractivity contribution in [3.63, 3.8) is 0 Å². The molecule has 0 fully saturated rings. The smallest absolute Gasteiger partial charge is 0.271 e. The number of nitro groups is 1. The highest BCUT2D eigenvalue weighted by atomic mass is 35.5. The van der Waals surface area contributed by atoms with Gasteiger partial charge in [-0.3, -0.25) is 19.8 Å². The first kappa shape index (κ1) is 23.0. The number of rotatable bonds is 7. The van der Waals surface area contributed by atoms with Crippen molar-refractivity contribution in [3.05, 3.63) is 79.0 Å². The van der Waals surface area contributed by atoms with Gasteiger partial charge in [-0.2, -0.15) is 0 Å². The molecule has 1 aliphatic rings. The standard InChI is InChI=1S/C23H22ClN3O5S/c1-31-19-10-14-7-8-26(23(21-4-3-9-33-21)16(14)12-20(19)32-2)13-22(28)25-18-6-5-15(27(29)30)11-17(18)24/h3-6,9-12,23H,7-8,13H2,1-2H3,(H,25,28)/t23-/m0/s1. The summed E-state index contributed by atoms with van der Waals surface area (Å²) in [7, 11) is 3.22. The molecule has 2 aromatic carbocycles. The lowest BCUT2D eigenvalue weighted by Gasteiger charge is -2.37. The average molecular weight is 488 g/mol. The summed E-state index contributed by atoms with van der Waals surface area (Å²) in [5.74, 6) is 1.07. The van der Waals surface area contributed by atoms with Crippen molar-refractivity contribution < 1.29 is 19.2 Å². The number of amides is 1. The molecule has 33 heavy (non-hydrogen) atoms. The first-order chi connectivity index (χ1) is 15.9. The minimum Gasteiger partial charge on any atom is -0.493 e. The fourth-order valence-electron chi connectivity index (χ4n) is 4.04. The molecule has 4 rings (SSSR count). The Hall–Kier alpha value is -3.14. The van der Waals surface area contributed by atoms with Gasteiger partial charge in [-0.15, -0.1) is 11.3 Å². The predicted molar refractivity (Wildman–Crippen MR) is 128 cm³/mol. The Morgan fingerprint density at radius 1 is 1.24 bits per heavy atom. The van der Waals surface area contributed by atoms with E-state index >= 15 is 0 Å². The van der Waals surface area contributed by atoms with Crippen LogP contribution in [0, 0.1) is 10.1 Å². The summed E-state index contributed by atoms with van der Waals surface area (Å²) >= 11 is 7.77. The number of methoxy groups -OCH3 is 2. The number of carbonyl (C=O) groups excluding carboxylic acids is 1. The molecule has 1 atom stereocenters. The number of thiophene rings is 1. The maximum atomic E-state index is 12.9. The Bertz CT molecular complexity index is 1190. The van der Waals surface area contributed by atoms with E-state index in [-0.39, 0.29) is 29.2 Å².